The quantitative estimate of drug-likeness (QED) is 0.745. The fourth-order valence-corrected chi connectivity index (χ4v) is 2.44. The van der Waals surface area contributed by atoms with Crippen molar-refractivity contribution in [2.45, 2.75) is 19.5 Å². The summed E-state index contributed by atoms with van der Waals surface area (Å²) in [5.74, 6) is 0. The lowest BCUT2D eigenvalue weighted by molar-refractivity contribution is 0.547. The van der Waals surface area contributed by atoms with Crippen molar-refractivity contribution in [2.75, 3.05) is 0 Å². The Morgan fingerprint density at radius 1 is 1.19 bits per heavy atom. The Bertz CT molecular complexity index is 894. The number of rotatable bonds is 4. The van der Waals surface area contributed by atoms with Crippen molar-refractivity contribution < 1.29 is 0 Å². The van der Waals surface area contributed by atoms with Gasteiger partial charge in [0.1, 0.15) is 5.15 Å². The van der Waals surface area contributed by atoms with E-state index in [0.29, 0.717) is 19.5 Å². The van der Waals surface area contributed by atoms with Crippen LogP contribution in [0.15, 0.2) is 46.2 Å². The molecule has 0 aliphatic carbocycles. The first-order chi connectivity index (χ1) is 10.1. The van der Waals surface area contributed by atoms with Gasteiger partial charge in [-0.3, -0.25) is 13.9 Å². The molecular weight excluding hydrogens is 292 g/mol. The summed E-state index contributed by atoms with van der Waals surface area (Å²) in [6.45, 7) is 1.01. The van der Waals surface area contributed by atoms with Gasteiger partial charge in [-0.15, -0.1) is 0 Å². The number of para-hydroxylation sites is 2. The minimum absolute atomic E-state index is 0.141. The van der Waals surface area contributed by atoms with Gasteiger partial charge in [-0.05, 0) is 18.6 Å². The predicted molar refractivity (Wildman–Crippen MR) is 80.7 cm³/mol. The number of halogens is 1. The molecule has 108 valence electrons. The van der Waals surface area contributed by atoms with E-state index in [9.17, 15) is 9.59 Å². The summed E-state index contributed by atoms with van der Waals surface area (Å²) in [4.78, 5) is 30.3. The van der Waals surface area contributed by atoms with Crippen LogP contribution < -0.4 is 11.2 Å². The normalized spacial score (nSPS) is 11.1. The number of hydrogen-bond donors (Lipinski definition) is 1. The van der Waals surface area contributed by atoms with Gasteiger partial charge >= 0.3 is 5.69 Å². The van der Waals surface area contributed by atoms with E-state index < -0.39 is 0 Å². The number of fused-ring (bicyclic) bond motifs is 1. The van der Waals surface area contributed by atoms with Gasteiger partial charge in [0.25, 0.3) is 5.56 Å². The number of nitrogens with zero attached hydrogens (tertiary/aromatic N) is 3. The Balaban J connectivity index is 1.77. The van der Waals surface area contributed by atoms with E-state index in [4.69, 9.17) is 11.6 Å². The van der Waals surface area contributed by atoms with E-state index in [0.717, 1.165) is 11.0 Å². The highest BCUT2D eigenvalue weighted by Gasteiger charge is 2.05. The first-order valence-corrected chi connectivity index (χ1v) is 6.92. The molecule has 0 atom stereocenters. The summed E-state index contributed by atoms with van der Waals surface area (Å²) in [6.07, 6.45) is 2.06. The second-order valence-electron chi connectivity index (χ2n) is 4.70. The van der Waals surface area contributed by atoms with Crippen LogP contribution in [-0.4, -0.2) is 19.1 Å². The lowest BCUT2D eigenvalue weighted by atomic mass is 10.3. The third kappa shape index (κ3) is 2.75. The van der Waals surface area contributed by atoms with Crippen molar-refractivity contribution in [3.05, 3.63) is 62.7 Å². The molecule has 0 spiro atoms. The van der Waals surface area contributed by atoms with E-state index >= 15 is 0 Å². The van der Waals surface area contributed by atoms with Crippen molar-refractivity contribution in [2.24, 2.45) is 0 Å². The number of aromatic nitrogens is 4. The summed E-state index contributed by atoms with van der Waals surface area (Å²) >= 11 is 5.64. The third-order valence-corrected chi connectivity index (χ3v) is 3.52. The number of nitrogens with one attached hydrogen (secondary N) is 1. The molecule has 7 heteroatoms. The number of aryl methyl sites for hydroxylation is 2. The van der Waals surface area contributed by atoms with Crippen LogP contribution in [0.5, 0.6) is 0 Å². The van der Waals surface area contributed by atoms with Gasteiger partial charge in [0.05, 0.1) is 17.4 Å². The summed E-state index contributed by atoms with van der Waals surface area (Å²) in [6, 6.07) is 8.80. The molecule has 0 radical (unpaired) electrons. The van der Waals surface area contributed by atoms with Gasteiger partial charge in [0, 0.05) is 19.2 Å². The molecule has 0 aliphatic rings. The highest BCUT2D eigenvalue weighted by molar-refractivity contribution is 6.29. The largest absolute Gasteiger partial charge is 0.326 e. The fraction of sp³-hybridized carbons (Fsp3) is 0.214. The molecule has 3 aromatic rings. The Kier molecular flexibility index (Phi) is 3.62. The minimum atomic E-state index is -0.193. The smallest absolute Gasteiger partial charge is 0.306 e. The molecule has 3 rings (SSSR count). The Hall–Kier alpha value is -2.34. The molecule has 2 aromatic heterocycles. The van der Waals surface area contributed by atoms with E-state index in [1.54, 1.807) is 4.57 Å². The number of H-pyrrole nitrogens is 1. The summed E-state index contributed by atoms with van der Waals surface area (Å²) < 4.78 is 3.15. The molecule has 0 bridgehead atoms. The Morgan fingerprint density at radius 3 is 2.81 bits per heavy atom. The first-order valence-electron chi connectivity index (χ1n) is 6.55. The van der Waals surface area contributed by atoms with E-state index in [2.05, 4.69) is 9.97 Å². The molecule has 0 amide bonds. The van der Waals surface area contributed by atoms with Gasteiger partial charge in [-0.1, -0.05) is 23.7 Å². The van der Waals surface area contributed by atoms with Gasteiger partial charge in [0.15, 0.2) is 0 Å². The van der Waals surface area contributed by atoms with Gasteiger partial charge < -0.3 is 4.98 Å². The second kappa shape index (κ2) is 5.57. The molecule has 6 nitrogen and oxygen atoms in total. The number of aromatic amines is 1. The molecule has 21 heavy (non-hydrogen) atoms. The minimum Gasteiger partial charge on any atom is -0.306 e. The summed E-state index contributed by atoms with van der Waals surface area (Å²) in [5, 5.41) is 0.184. The van der Waals surface area contributed by atoms with Crippen LogP contribution in [0, 0.1) is 0 Å². The van der Waals surface area contributed by atoms with Crippen LogP contribution in [0.3, 0.4) is 0 Å². The van der Waals surface area contributed by atoms with Crippen LogP contribution in [0.2, 0.25) is 5.15 Å². The van der Waals surface area contributed by atoms with E-state index in [1.165, 1.54) is 17.0 Å². The second-order valence-corrected chi connectivity index (χ2v) is 5.08. The average molecular weight is 305 g/mol. The van der Waals surface area contributed by atoms with E-state index in [1.807, 2.05) is 24.3 Å². The number of hydrogen-bond acceptors (Lipinski definition) is 3. The highest BCUT2D eigenvalue weighted by Crippen LogP contribution is 2.09. The predicted octanol–water partition coefficient (Wildman–Crippen LogP) is 1.63. The van der Waals surface area contributed by atoms with Gasteiger partial charge in [0.2, 0.25) is 0 Å². The monoisotopic (exact) mass is 304 g/mol. The maximum absolute atomic E-state index is 11.9. The van der Waals surface area contributed by atoms with Crippen molar-refractivity contribution in [1.82, 2.24) is 19.1 Å². The lowest BCUT2D eigenvalue weighted by Crippen LogP contribution is -2.22. The maximum atomic E-state index is 11.9. The van der Waals surface area contributed by atoms with Gasteiger partial charge in [-0.2, -0.15) is 0 Å². The SMILES string of the molecule is O=c1cc(Cl)ncn1CCCn1c(=O)[nH]c2ccccc21. The van der Waals surface area contributed by atoms with E-state index in [-0.39, 0.29) is 16.4 Å². The summed E-state index contributed by atoms with van der Waals surface area (Å²) in [7, 11) is 0. The number of imidazole rings is 1. The molecule has 0 saturated carbocycles. The van der Waals surface area contributed by atoms with Crippen LogP contribution in [0.4, 0.5) is 0 Å². The lowest BCUT2D eigenvalue weighted by Gasteiger charge is -2.06. The highest BCUT2D eigenvalue weighted by atomic mass is 35.5. The molecule has 0 unspecified atom stereocenters. The fourth-order valence-electron chi connectivity index (χ4n) is 2.30. The molecular formula is C14H13ClN4O2. The molecule has 2 heterocycles. The molecule has 0 saturated heterocycles. The Morgan fingerprint density at radius 2 is 2.00 bits per heavy atom. The molecule has 1 N–H and O–H groups in total. The van der Waals surface area contributed by atoms with Gasteiger partial charge in [-0.25, -0.2) is 9.78 Å². The van der Waals surface area contributed by atoms with Crippen molar-refractivity contribution >= 4 is 22.6 Å². The number of benzene rings is 1. The van der Waals surface area contributed by atoms with Crippen molar-refractivity contribution in [3.8, 4) is 0 Å². The van der Waals surface area contributed by atoms with Crippen LogP contribution >= 0.6 is 11.6 Å². The average Bonchev–Trinajstić information content (AvgIpc) is 2.77. The Labute approximate surface area is 124 Å². The van der Waals surface area contributed by atoms with Crippen LogP contribution in [0.25, 0.3) is 11.0 Å². The zero-order chi connectivity index (χ0) is 14.8. The standard InChI is InChI=1S/C14H13ClN4O2/c15-12-8-13(20)18(9-16-12)6-3-7-19-11-5-2-1-4-10(11)17-14(19)21/h1-2,4-5,8-9H,3,6-7H2,(H,17,21). The topological polar surface area (TPSA) is 72.7 Å². The zero-order valence-corrected chi connectivity index (χ0v) is 11.9. The van der Waals surface area contributed by atoms with Crippen molar-refractivity contribution in [1.29, 1.82) is 0 Å². The molecule has 0 fully saturated rings. The first kappa shape index (κ1) is 13.6. The van der Waals surface area contributed by atoms with Crippen LogP contribution in [-0.2, 0) is 13.1 Å². The summed E-state index contributed by atoms with van der Waals surface area (Å²) in [5.41, 5.74) is 1.34. The third-order valence-electron chi connectivity index (χ3n) is 3.31. The zero-order valence-electron chi connectivity index (χ0n) is 11.1. The molecule has 0 aliphatic heterocycles. The van der Waals surface area contributed by atoms with Crippen LogP contribution in [0.1, 0.15) is 6.42 Å². The van der Waals surface area contributed by atoms with Crippen molar-refractivity contribution in [3.63, 3.8) is 0 Å². The molecule has 1 aromatic carbocycles. The maximum Gasteiger partial charge on any atom is 0.326 e.